The van der Waals surface area contributed by atoms with Crippen LogP contribution in [0.2, 0.25) is 0 Å². The van der Waals surface area contributed by atoms with Crippen LogP contribution in [-0.4, -0.2) is 25.5 Å². The van der Waals surface area contributed by atoms with E-state index in [-0.39, 0.29) is 23.1 Å². The molecule has 1 aliphatic heterocycles. The number of carbonyl (C=O) groups excluding carboxylic acids is 1. The third-order valence-electron chi connectivity index (χ3n) is 3.17. The van der Waals surface area contributed by atoms with Gasteiger partial charge in [-0.1, -0.05) is 0 Å². The number of ether oxygens (including phenoxy) is 1. The average molecular weight is 273 g/mol. The van der Waals surface area contributed by atoms with Crippen molar-refractivity contribution in [2.45, 2.75) is 25.1 Å². The van der Waals surface area contributed by atoms with E-state index in [9.17, 15) is 18.0 Å². The second-order valence-corrected chi connectivity index (χ2v) is 4.43. The van der Waals surface area contributed by atoms with Gasteiger partial charge in [-0.2, -0.15) is 13.2 Å². The molecule has 0 aromatic heterocycles. The number of carbonyl (C=O) groups is 1. The molecule has 0 radical (unpaired) electrons. The maximum atomic E-state index is 12.6. The Morgan fingerprint density at radius 1 is 1.42 bits per heavy atom. The fourth-order valence-corrected chi connectivity index (χ4v) is 2.17. The summed E-state index contributed by atoms with van der Waals surface area (Å²) in [5.74, 6) is -0.253. The molecule has 1 atom stereocenters. The van der Waals surface area contributed by atoms with Crippen LogP contribution in [-0.2, 0) is 6.18 Å². The molecule has 1 saturated heterocycles. The topological polar surface area (TPSA) is 38.3 Å². The molecule has 1 fully saturated rings. The highest BCUT2D eigenvalue weighted by Gasteiger charge is 2.33. The molecule has 1 aromatic carbocycles. The van der Waals surface area contributed by atoms with Gasteiger partial charge in [0.1, 0.15) is 5.75 Å². The summed E-state index contributed by atoms with van der Waals surface area (Å²) in [6, 6.07) is 2.63. The van der Waals surface area contributed by atoms with Crippen molar-refractivity contribution in [2.75, 3.05) is 13.7 Å². The highest BCUT2D eigenvalue weighted by atomic mass is 19.4. The Hall–Kier alpha value is -1.56. The van der Waals surface area contributed by atoms with Gasteiger partial charge < -0.3 is 10.1 Å². The molecule has 1 heterocycles. The molecule has 6 heteroatoms. The first-order chi connectivity index (χ1) is 8.93. The van der Waals surface area contributed by atoms with Crippen LogP contribution in [0, 0.1) is 0 Å². The summed E-state index contributed by atoms with van der Waals surface area (Å²) >= 11 is 0. The lowest BCUT2D eigenvalue weighted by atomic mass is 10.00. The lowest BCUT2D eigenvalue weighted by Crippen LogP contribution is -2.31. The van der Waals surface area contributed by atoms with Crippen LogP contribution >= 0.6 is 0 Å². The molecule has 104 valence electrons. The van der Waals surface area contributed by atoms with Crippen LogP contribution in [0.25, 0.3) is 0 Å². The van der Waals surface area contributed by atoms with E-state index in [1.807, 2.05) is 0 Å². The molecule has 0 spiro atoms. The summed E-state index contributed by atoms with van der Waals surface area (Å²) in [6.07, 6.45) is -2.86. The van der Waals surface area contributed by atoms with Crippen molar-refractivity contribution in [1.29, 1.82) is 0 Å². The van der Waals surface area contributed by atoms with Crippen molar-refractivity contribution >= 4 is 5.78 Å². The lowest BCUT2D eigenvalue weighted by Gasteiger charge is -2.14. The van der Waals surface area contributed by atoms with Crippen LogP contribution in [0.3, 0.4) is 0 Å². The van der Waals surface area contributed by atoms with Crippen molar-refractivity contribution in [3.8, 4) is 5.75 Å². The summed E-state index contributed by atoms with van der Waals surface area (Å²) in [5, 5.41) is 3.02. The zero-order chi connectivity index (χ0) is 14.0. The molecular formula is C13H14F3NO2. The SMILES string of the molecule is COc1cc(C(F)(F)F)ccc1C(=O)C1CCCN1. The Morgan fingerprint density at radius 2 is 2.16 bits per heavy atom. The number of rotatable bonds is 3. The summed E-state index contributed by atoms with van der Waals surface area (Å²) in [6.45, 7) is 0.749. The van der Waals surface area contributed by atoms with Crippen molar-refractivity contribution < 1.29 is 22.7 Å². The minimum atomic E-state index is -4.44. The van der Waals surface area contributed by atoms with Crippen LogP contribution in [0.4, 0.5) is 13.2 Å². The van der Waals surface area contributed by atoms with E-state index >= 15 is 0 Å². The summed E-state index contributed by atoms with van der Waals surface area (Å²) in [5.41, 5.74) is -0.629. The molecule has 1 N–H and O–H groups in total. The molecule has 19 heavy (non-hydrogen) atoms. The number of halogens is 3. The van der Waals surface area contributed by atoms with E-state index in [0.29, 0.717) is 6.42 Å². The summed E-state index contributed by atoms with van der Waals surface area (Å²) in [4.78, 5) is 12.2. The Balaban J connectivity index is 2.33. The minimum Gasteiger partial charge on any atom is -0.496 e. The van der Waals surface area contributed by atoms with Crippen LogP contribution in [0.5, 0.6) is 5.75 Å². The number of hydrogen-bond donors (Lipinski definition) is 1. The van der Waals surface area contributed by atoms with Gasteiger partial charge in [-0.05, 0) is 37.6 Å². The predicted octanol–water partition coefficient (Wildman–Crippen LogP) is 2.65. The van der Waals surface area contributed by atoms with Crippen LogP contribution in [0.15, 0.2) is 18.2 Å². The standard InChI is InChI=1S/C13H14F3NO2/c1-19-11-7-8(13(14,15)16)4-5-9(11)12(18)10-3-2-6-17-10/h4-5,7,10,17H,2-3,6H2,1H3. The number of benzene rings is 1. The van der Waals surface area contributed by atoms with E-state index in [2.05, 4.69) is 5.32 Å². The molecular weight excluding hydrogens is 259 g/mol. The van der Waals surface area contributed by atoms with Crippen molar-refractivity contribution in [3.63, 3.8) is 0 Å². The maximum Gasteiger partial charge on any atom is 0.416 e. The first kappa shape index (κ1) is 13.9. The molecule has 0 saturated carbocycles. The van der Waals surface area contributed by atoms with Crippen LogP contribution in [0.1, 0.15) is 28.8 Å². The monoisotopic (exact) mass is 273 g/mol. The number of Topliss-reactive ketones (excluding diaryl/α,β-unsaturated/α-hetero) is 1. The van der Waals surface area contributed by atoms with Gasteiger partial charge in [-0.3, -0.25) is 4.79 Å². The maximum absolute atomic E-state index is 12.6. The molecule has 0 aliphatic carbocycles. The summed E-state index contributed by atoms with van der Waals surface area (Å²) in [7, 11) is 1.26. The van der Waals surface area contributed by atoms with Gasteiger partial charge >= 0.3 is 6.18 Å². The number of hydrogen-bond acceptors (Lipinski definition) is 3. The van der Waals surface area contributed by atoms with Gasteiger partial charge in [0.2, 0.25) is 0 Å². The molecule has 1 aliphatic rings. The fraction of sp³-hybridized carbons (Fsp3) is 0.462. The van der Waals surface area contributed by atoms with Crippen molar-refractivity contribution in [1.82, 2.24) is 5.32 Å². The number of methoxy groups -OCH3 is 1. The van der Waals surface area contributed by atoms with Crippen molar-refractivity contribution in [3.05, 3.63) is 29.3 Å². The quantitative estimate of drug-likeness (QED) is 0.860. The second-order valence-electron chi connectivity index (χ2n) is 4.43. The number of nitrogens with one attached hydrogen (secondary N) is 1. The fourth-order valence-electron chi connectivity index (χ4n) is 2.17. The van der Waals surface area contributed by atoms with E-state index in [4.69, 9.17) is 4.74 Å². The molecule has 3 nitrogen and oxygen atoms in total. The molecule has 0 bridgehead atoms. The van der Waals surface area contributed by atoms with Crippen LogP contribution < -0.4 is 10.1 Å². The highest BCUT2D eigenvalue weighted by molar-refractivity contribution is 6.02. The highest BCUT2D eigenvalue weighted by Crippen LogP contribution is 2.33. The number of alkyl halides is 3. The van der Waals surface area contributed by atoms with Gasteiger partial charge in [0.25, 0.3) is 0 Å². The van der Waals surface area contributed by atoms with Gasteiger partial charge in [0.15, 0.2) is 5.78 Å². The first-order valence-corrected chi connectivity index (χ1v) is 5.96. The third-order valence-corrected chi connectivity index (χ3v) is 3.17. The Labute approximate surface area is 108 Å². The second kappa shape index (κ2) is 5.21. The third kappa shape index (κ3) is 2.89. The minimum absolute atomic E-state index is 0.0338. The lowest BCUT2D eigenvalue weighted by molar-refractivity contribution is -0.137. The normalized spacial score (nSPS) is 19.5. The van der Waals surface area contributed by atoms with Gasteiger partial charge in [-0.25, -0.2) is 0 Å². The van der Waals surface area contributed by atoms with E-state index in [1.165, 1.54) is 13.2 Å². The zero-order valence-corrected chi connectivity index (χ0v) is 10.4. The molecule has 1 unspecified atom stereocenters. The van der Waals surface area contributed by atoms with E-state index < -0.39 is 11.7 Å². The summed E-state index contributed by atoms with van der Waals surface area (Å²) < 4.78 is 42.7. The molecule has 0 amide bonds. The molecule has 1 aromatic rings. The smallest absolute Gasteiger partial charge is 0.416 e. The largest absolute Gasteiger partial charge is 0.496 e. The Kier molecular flexibility index (Phi) is 3.80. The molecule has 2 rings (SSSR count). The van der Waals surface area contributed by atoms with Gasteiger partial charge in [-0.15, -0.1) is 0 Å². The first-order valence-electron chi connectivity index (χ1n) is 5.96. The Bertz CT molecular complexity index is 479. The van der Waals surface area contributed by atoms with Crippen molar-refractivity contribution in [2.24, 2.45) is 0 Å². The average Bonchev–Trinajstić information content (AvgIpc) is 2.90. The predicted molar refractivity (Wildman–Crippen MR) is 63.4 cm³/mol. The van der Waals surface area contributed by atoms with E-state index in [1.54, 1.807) is 0 Å². The Morgan fingerprint density at radius 3 is 2.68 bits per heavy atom. The number of ketones is 1. The zero-order valence-electron chi connectivity index (χ0n) is 10.4. The van der Waals surface area contributed by atoms with E-state index in [0.717, 1.165) is 25.1 Å². The van der Waals surface area contributed by atoms with Gasteiger partial charge in [0.05, 0.1) is 24.3 Å². The van der Waals surface area contributed by atoms with Gasteiger partial charge in [0, 0.05) is 0 Å².